The minimum Gasteiger partial charge on any atom is -0.464 e. The molecule has 1 aromatic heterocycles. The van der Waals surface area contributed by atoms with Crippen molar-refractivity contribution in [3.8, 4) is 0 Å². The van der Waals surface area contributed by atoms with Gasteiger partial charge in [0.25, 0.3) is 0 Å². The molecule has 0 aliphatic carbocycles. The second-order valence-corrected chi connectivity index (χ2v) is 6.31. The van der Waals surface area contributed by atoms with Gasteiger partial charge in [-0.25, -0.2) is 18.8 Å². The Hall–Kier alpha value is -3.46. The molecule has 4 rings (SSSR count). The summed E-state index contributed by atoms with van der Waals surface area (Å²) in [5.41, 5.74) is 6.08. The number of hydrogen-bond acceptors (Lipinski definition) is 7. The molecule has 28 heavy (non-hydrogen) atoms. The van der Waals surface area contributed by atoms with Gasteiger partial charge in [-0.1, -0.05) is 11.6 Å². The van der Waals surface area contributed by atoms with Crippen LogP contribution in [-0.4, -0.2) is 11.9 Å². The van der Waals surface area contributed by atoms with Gasteiger partial charge in [-0.15, -0.1) is 0 Å². The fraction of sp³-hybridized carbons (Fsp3) is 0.0556. The summed E-state index contributed by atoms with van der Waals surface area (Å²) in [4.78, 5) is 21.1. The van der Waals surface area contributed by atoms with E-state index in [-0.39, 0.29) is 33.5 Å². The zero-order valence-electron chi connectivity index (χ0n) is 14.0. The van der Waals surface area contributed by atoms with Crippen LogP contribution >= 0.6 is 11.6 Å². The Balaban J connectivity index is 1.71. The van der Waals surface area contributed by atoms with Crippen molar-refractivity contribution in [2.45, 2.75) is 6.17 Å². The van der Waals surface area contributed by atoms with Crippen molar-refractivity contribution in [2.75, 3.05) is 5.32 Å². The second-order valence-electron chi connectivity index (χ2n) is 5.91. The Kier molecular flexibility index (Phi) is 4.44. The van der Waals surface area contributed by atoms with Crippen LogP contribution in [0.3, 0.4) is 0 Å². The maximum atomic E-state index is 13.5. The SMILES string of the molecule is NC1=N[C@H](c2coc3ccc(F)cc3c2=O)N=C(Nc2ccc(F)c(Cl)c2)N1. The van der Waals surface area contributed by atoms with Crippen molar-refractivity contribution in [3.05, 3.63) is 75.1 Å². The molecular weight excluding hydrogens is 392 g/mol. The van der Waals surface area contributed by atoms with Crippen molar-refractivity contribution in [2.24, 2.45) is 15.7 Å². The second kappa shape index (κ2) is 6.93. The largest absolute Gasteiger partial charge is 0.464 e. The number of nitrogens with two attached hydrogens (primary N) is 1. The summed E-state index contributed by atoms with van der Waals surface area (Å²) in [6.07, 6.45) is 0.203. The van der Waals surface area contributed by atoms with E-state index in [0.717, 1.165) is 6.07 Å². The third-order valence-electron chi connectivity index (χ3n) is 3.98. The Morgan fingerprint density at radius 3 is 2.79 bits per heavy atom. The molecule has 3 aromatic rings. The number of fused-ring (bicyclic) bond motifs is 1. The number of hydrogen-bond donors (Lipinski definition) is 3. The molecule has 2 aromatic carbocycles. The number of guanidine groups is 2. The summed E-state index contributed by atoms with van der Waals surface area (Å²) in [6, 6.07) is 7.66. The highest BCUT2D eigenvalue weighted by molar-refractivity contribution is 6.31. The summed E-state index contributed by atoms with van der Waals surface area (Å²) < 4.78 is 32.2. The molecule has 0 bridgehead atoms. The van der Waals surface area contributed by atoms with Gasteiger partial charge in [0.15, 0.2) is 17.6 Å². The van der Waals surface area contributed by atoms with E-state index in [1.165, 1.54) is 36.6 Å². The monoisotopic (exact) mass is 403 g/mol. The molecule has 0 radical (unpaired) electrons. The van der Waals surface area contributed by atoms with Crippen LogP contribution in [0.5, 0.6) is 0 Å². The van der Waals surface area contributed by atoms with Crippen molar-refractivity contribution in [1.29, 1.82) is 0 Å². The summed E-state index contributed by atoms with van der Waals surface area (Å²) in [5.74, 6) is -0.969. The van der Waals surface area contributed by atoms with Crippen LogP contribution in [0.15, 0.2) is 61.9 Å². The number of rotatable bonds is 2. The zero-order valence-corrected chi connectivity index (χ0v) is 14.8. The van der Waals surface area contributed by atoms with Gasteiger partial charge in [-0.2, -0.15) is 0 Å². The van der Waals surface area contributed by atoms with Crippen molar-refractivity contribution < 1.29 is 13.2 Å². The minimum absolute atomic E-state index is 0.00514. The first-order valence-corrected chi connectivity index (χ1v) is 8.39. The maximum Gasteiger partial charge on any atom is 0.205 e. The van der Waals surface area contributed by atoms with E-state index < -0.39 is 23.2 Å². The lowest BCUT2D eigenvalue weighted by molar-refractivity contribution is 0.575. The maximum absolute atomic E-state index is 13.5. The van der Waals surface area contributed by atoms with Crippen LogP contribution in [0.25, 0.3) is 11.0 Å². The van der Waals surface area contributed by atoms with Gasteiger partial charge < -0.3 is 15.5 Å². The third-order valence-corrected chi connectivity index (χ3v) is 4.27. The molecule has 2 heterocycles. The smallest absolute Gasteiger partial charge is 0.205 e. The van der Waals surface area contributed by atoms with Crippen LogP contribution in [0.2, 0.25) is 5.02 Å². The van der Waals surface area contributed by atoms with Crippen LogP contribution < -0.4 is 21.8 Å². The average Bonchev–Trinajstić information content (AvgIpc) is 2.65. The highest BCUT2D eigenvalue weighted by Gasteiger charge is 2.22. The van der Waals surface area contributed by atoms with Gasteiger partial charge >= 0.3 is 0 Å². The van der Waals surface area contributed by atoms with E-state index in [9.17, 15) is 13.6 Å². The molecule has 0 saturated heterocycles. The molecule has 1 aliphatic heterocycles. The van der Waals surface area contributed by atoms with Gasteiger partial charge in [-0.3, -0.25) is 10.1 Å². The number of nitrogens with zero attached hydrogens (tertiary/aromatic N) is 2. The van der Waals surface area contributed by atoms with E-state index in [1.54, 1.807) is 0 Å². The molecule has 7 nitrogen and oxygen atoms in total. The highest BCUT2D eigenvalue weighted by Crippen LogP contribution is 2.23. The van der Waals surface area contributed by atoms with Gasteiger partial charge in [-0.05, 0) is 36.4 Å². The van der Waals surface area contributed by atoms with Crippen LogP contribution in [-0.2, 0) is 0 Å². The Morgan fingerprint density at radius 2 is 2.00 bits per heavy atom. The lowest BCUT2D eigenvalue weighted by atomic mass is 10.1. The molecule has 1 aliphatic rings. The first kappa shape index (κ1) is 17.9. The summed E-state index contributed by atoms with van der Waals surface area (Å²) >= 11 is 5.77. The van der Waals surface area contributed by atoms with Crippen molar-refractivity contribution in [1.82, 2.24) is 5.32 Å². The summed E-state index contributed by atoms with van der Waals surface area (Å²) in [6.45, 7) is 0. The van der Waals surface area contributed by atoms with E-state index in [4.69, 9.17) is 21.8 Å². The molecule has 142 valence electrons. The Bertz CT molecular complexity index is 1210. The van der Waals surface area contributed by atoms with Gasteiger partial charge in [0.1, 0.15) is 23.5 Å². The quantitative estimate of drug-likeness (QED) is 0.609. The van der Waals surface area contributed by atoms with Crippen LogP contribution in [0.4, 0.5) is 14.5 Å². The number of nitrogens with one attached hydrogen (secondary N) is 2. The standard InChI is InChI=1S/C18H12ClF2N5O2/c19-12-6-9(2-3-13(12)21)23-18-25-16(24-17(22)26-18)11-7-28-14-4-1-8(20)5-10(14)15(11)27/h1-7,16H,(H4,22,23,24,25,26)/t16-/m0/s1. The van der Waals surface area contributed by atoms with Gasteiger partial charge in [0.2, 0.25) is 5.96 Å². The third kappa shape index (κ3) is 3.39. The highest BCUT2D eigenvalue weighted by atomic mass is 35.5. The molecule has 0 saturated carbocycles. The fourth-order valence-corrected chi connectivity index (χ4v) is 2.86. The Labute approximate surface area is 161 Å². The molecule has 0 amide bonds. The zero-order chi connectivity index (χ0) is 19.8. The minimum atomic E-state index is -1.01. The lowest BCUT2D eigenvalue weighted by Gasteiger charge is -2.20. The van der Waals surface area contributed by atoms with Gasteiger partial charge in [0, 0.05) is 5.69 Å². The van der Waals surface area contributed by atoms with Gasteiger partial charge in [0.05, 0.1) is 16.0 Å². The molecule has 1 atom stereocenters. The number of halogens is 3. The number of anilines is 1. The molecule has 4 N–H and O–H groups in total. The predicted molar refractivity (Wildman–Crippen MR) is 102 cm³/mol. The van der Waals surface area contributed by atoms with E-state index in [2.05, 4.69) is 20.6 Å². The van der Waals surface area contributed by atoms with Crippen molar-refractivity contribution >= 4 is 40.2 Å². The summed E-state index contributed by atoms with van der Waals surface area (Å²) in [5, 5.41) is 5.58. The van der Waals surface area contributed by atoms with Crippen molar-refractivity contribution in [3.63, 3.8) is 0 Å². The topological polar surface area (TPSA) is 105 Å². The van der Waals surface area contributed by atoms with Crippen LogP contribution in [0.1, 0.15) is 11.7 Å². The normalized spacial score (nSPS) is 16.3. The molecule has 0 unspecified atom stereocenters. The molecular formula is C18H12ClF2N5O2. The first-order chi connectivity index (χ1) is 13.4. The van der Waals surface area contributed by atoms with E-state index in [0.29, 0.717) is 5.69 Å². The molecule has 0 spiro atoms. The van der Waals surface area contributed by atoms with E-state index in [1.807, 2.05) is 0 Å². The summed E-state index contributed by atoms with van der Waals surface area (Å²) in [7, 11) is 0. The molecule has 0 fully saturated rings. The van der Waals surface area contributed by atoms with Crippen LogP contribution in [0, 0.1) is 11.6 Å². The fourth-order valence-electron chi connectivity index (χ4n) is 2.68. The molecule has 10 heteroatoms. The predicted octanol–water partition coefficient (Wildman–Crippen LogP) is 3.11. The lowest BCUT2D eigenvalue weighted by Crippen LogP contribution is -2.44. The first-order valence-electron chi connectivity index (χ1n) is 8.02. The van der Waals surface area contributed by atoms with E-state index >= 15 is 0 Å². The average molecular weight is 404 g/mol. The number of benzene rings is 2. The Morgan fingerprint density at radius 1 is 1.18 bits per heavy atom. The number of aliphatic imine (C=N–C) groups is 2.